The monoisotopic (exact) mass is 403 g/mol. The van der Waals surface area contributed by atoms with Gasteiger partial charge in [0, 0.05) is 23.9 Å². The van der Waals surface area contributed by atoms with Crippen LogP contribution in [0.4, 0.5) is 18.9 Å². The van der Waals surface area contributed by atoms with E-state index in [1.807, 2.05) is 0 Å². The highest BCUT2D eigenvalue weighted by Gasteiger charge is 2.20. The number of hydrogen-bond donors (Lipinski definition) is 1. The van der Waals surface area contributed by atoms with Crippen molar-refractivity contribution in [3.8, 4) is 11.6 Å². The molecular formula is C20H16F3N3O3. The fourth-order valence-corrected chi connectivity index (χ4v) is 2.49. The summed E-state index contributed by atoms with van der Waals surface area (Å²) in [4.78, 5) is 24.5. The van der Waals surface area contributed by atoms with Gasteiger partial charge in [-0.3, -0.25) is 9.59 Å². The molecule has 0 radical (unpaired) electrons. The van der Waals surface area contributed by atoms with Crippen molar-refractivity contribution in [1.82, 2.24) is 9.78 Å². The van der Waals surface area contributed by atoms with E-state index in [1.165, 1.54) is 42.5 Å². The maximum Gasteiger partial charge on any atom is 0.271 e. The standard InChI is InChI=1S/C20H16F3N3O3/c1-2-17(20(28)24-13-5-8-15(22)16(23)11-13)29-18-9-10-19(27)26(25-18)14-6-3-12(21)4-7-14/h3-11,17H,2H2,1H3,(H,24,28)/t17-/m0/s1. The number of anilines is 1. The predicted octanol–water partition coefficient (Wildman–Crippen LogP) is 3.45. The SMILES string of the molecule is CC[C@H](Oc1ccc(=O)n(-c2ccc(F)cc2)n1)C(=O)Nc1ccc(F)c(F)c1. The molecule has 3 rings (SSSR count). The van der Waals surface area contributed by atoms with E-state index in [2.05, 4.69) is 10.4 Å². The summed E-state index contributed by atoms with van der Waals surface area (Å²) in [7, 11) is 0. The van der Waals surface area contributed by atoms with E-state index in [9.17, 15) is 22.8 Å². The Balaban J connectivity index is 1.78. The lowest BCUT2D eigenvalue weighted by Gasteiger charge is -2.17. The maximum atomic E-state index is 13.3. The van der Waals surface area contributed by atoms with Gasteiger partial charge in [0.15, 0.2) is 17.7 Å². The number of rotatable bonds is 6. The molecule has 0 saturated carbocycles. The van der Waals surface area contributed by atoms with Crippen molar-refractivity contribution in [1.29, 1.82) is 0 Å². The molecule has 9 heteroatoms. The fourth-order valence-electron chi connectivity index (χ4n) is 2.49. The Kier molecular flexibility index (Phi) is 5.96. The Morgan fingerprint density at radius 2 is 1.79 bits per heavy atom. The predicted molar refractivity (Wildman–Crippen MR) is 99.5 cm³/mol. The molecule has 0 aliphatic carbocycles. The third-order valence-electron chi connectivity index (χ3n) is 3.96. The summed E-state index contributed by atoms with van der Waals surface area (Å²) in [6, 6.07) is 10.6. The van der Waals surface area contributed by atoms with Crippen LogP contribution in [0.25, 0.3) is 5.69 Å². The first-order valence-electron chi connectivity index (χ1n) is 8.66. The van der Waals surface area contributed by atoms with Crippen LogP contribution in [0.3, 0.4) is 0 Å². The topological polar surface area (TPSA) is 73.2 Å². The zero-order valence-corrected chi connectivity index (χ0v) is 15.2. The Morgan fingerprint density at radius 1 is 1.07 bits per heavy atom. The average molecular weight is 403 g/mol. The smallest absolute Gasteiger partial charge is 0.271 e. The summed E-state index contributed by atoms with van der Waals surface area (Å²) < 4.78 is 46.0. The van der Waals surface area contributed by atoms with Crippen LogP contribution in [0.2, 0.25) is 0 Å². The number of amides is 1. The number of ether oxygens (including phenoxy) is 1. The van der Waals surface area contributed by atoms with Gasteiger partial charge in [0.1, 0.15) is 5.82 Å². The fraction of sp³-hybridized carbons (Fsp3) is 0.150. The number of benzene rings is 2. The number of nitrogens with zero attached hydrogens (tertiary/aromatic N) is 2. The van der Waals surface area contributed by atoms with Gasteiger partial charge >= 0.3 is 0 Å². The van der Waals surface area contributed by atoms with Crippen molar-refractivity contribution in [2.45, 2.75) is 19.4 Å². The highest BCUT2D eigenvalue weighted by Crippen LogP contribution is 2.16. The lowest BCUT2D eigenvalue weighted by Crippen LogP contribution is -2.33. The van der Waals surface area contributed by atoms with Crippen LogP contribution in [-0.4, -0.2) is 21.8 Å². The van der Waals surface area contributed by atoms with Gasteiger partial charge in [0.25, 0.3) is 11.5 Å². The maximum absolute atomic E-state index is 13.3. The molecule has 0 aliphatic rings. The van der Waals surface area contributed by atoms with Crippen LogP contribution < -0.4 is 15.6 Å². The lowest BCUT2D eigenvalue weighted by atomic mass is 10.2. The Hall–Kier alpha value is -3.62. The minimum Gasteiger partial charge on any atom is -0.463 e. The van der Waals surface area contributed by atoms with Crippen molar-refractivity contribution >= 4 is 11.6 Å². The summed E-state index contributed by atoms with van der Waals surface area (Å²) in [5, 5.41) is 6.48. The van der Waals surface area contributed by atoms with E-state index in [0.29, 0.717) is 5.69 Å². The van der Waals surface area contributed by atoms with E-state index < -0.39 is 35.0 Å². The molecule has 0 unspecified atom stereocenters. The number of aromatic nitrogens is 2. The molecule has 0 aliphatic heterocycles. The molecule has 1 N–H and O–H groups in total. The molecule has 0 saturated heterocycles. The molecule has 0 bridgehead atoms. The van der Waals surface area contributed by atoms with Crippen molar-refractivity contribution in [2.24, 2.45) is 0 Å². The first-order valence-corrected chi connectivity index (χ1v) is 8.66. The van der Waals surface area contributed by atoms with Crippen molar-refractivity contribution in [3.63, 3.8) is 0 Å². The van der Waals surface area contributed by atoms with Crippen molar-refractivity contribution in [2.75, 3.05) is 5.32 Å². The number of hydrogen-bond acceptors (Lipinski definition) is 4. The van der Waals surface area contributed by atoms with Gasteiger partial charge in [-0.2, -0.15) is 4.68 Å². The largest absolute Gasteiger partial charge is 0.463 e. The minimum absolute atomic E-state index is 0.0128. The van der Waals surface area contributed by atoms with Crippen LogP contribution in [0, 0.1) is 17.5 Å². The molecule has 1 amide bonds. The highest BCUT2D eigenvalue weighted by molar-refractivity contribution is 5.94. The van der Waals surface area contributed by atoms with Gasteiger partial charge in [-0.25, -0.2) is 13.2 Å². The number of carbonyl (C=O) groups excluding carboxylic acids is 1. The molecule has 1 atom stereocenters. The second-order valence-electron chi connectivity index (χ2n) is 6.03. The average Bonchev–Trinajstić information content (AvgIpc) is 2.70. The zero-order valence-electron chi connectivity index (χ0n) is 15.2. The van der Waals surface area contributed by atoms with Crippen LogP contribution in [0.5, 0.6) is 5.88 Å². The van der Waals surface area contributed by atoms with Crippen LogP contribution in [0.15, 0.2) is 59.4 Å². The van der Waals surface area contributed by atoms with Gasteiger partial charge in [0.05, 0.1) is 5.69 Å². The molecule has 3 aromatic rings. The first kappa shape index (κ1) is 20.1. The van der Waals surface area contributed by atoms with Crippen molar-refractivity contribution in [3.05, 3.63) is 82.4 Å². The van der Waals surface area contributed by atoms with Gasteiger partial charge in [-0.1, -0.05) is 6.92 Å². The normalized spacial score (nSPS) is 11.7. The van der Waals surface area contributed by atoms with Gasteiger partial charge in [-0.15, -0.1) is 5.10 Å². The molecule has 0 fully saturated rings. The Morgan fingerprint density at radius 3 is 2.45 bits per heavy atom. The quantitative estimate of drug-likeness (QED) is 0.684. The van der Waals surface area contributed by atoms with E-state index in [-0.39, 0.29) is 18.0 Å². The Labute approximate surface area is 163 Å². The molecule has 6 nitrogen and oxygen atoms in total. The van der Waals surface area contributed by atoms with Gasteiger partial charge in [-0.05, 0) is 42.8 Å². The summed E-state index contributed by atoms with van der Waals surface area (Å²) in [5.74, 6) is -3.20. The van der Waals surface area contributed by atoms with E-state index in [4.69, 9.17) is 4.74 Å². The van der Waals surface area contributed by atoms with Gasteiger partial charge < -0.3 is 10.1 Å². The van der Waals surface area contributed by atoms with Gasteiger partial charge in [0.2, 0.25) is 5.88 Å². The first-order chi connectivity index (χ1) is 13.9. The third-order valence-corrected chi connectivity index (χ3v) is 3.96. The van der Waals surface area contributed by atoms with E-state index in [1.54, 1.807) is 6.92 Å². The zero-order chi connectivity index (χ0) is 21.0. The summed E-state index contributed by atoms with van der Waals surface area (Å²) in [6.45, 7) is 1.69. The van der Waals surface area contributed by atoms with E-state index >= 15 is 0 Å². The molecule has 1 aromatic heterocycles. The number of carbonyl (C=O) groups is 1. The molecular weight excluding hydrogens is 387 g/mol. The second kappa shape index (κ2) is 8.59. The molecule has 150 valence electrons. The lowest BCUT2D eigenvalue weighted by molar-refractivity contribution is -0.123. The summed E-state index contributed by atoms with van der Waals surface area (Å²) in [5.41, 5.74) is -0.0791. The summed E-state index contributed by atoms with van der Waals surface area (Å²) >= 11 is 0. The van der Waals surface area contributed by atoms with Crippen molar-refractivity contribution < 1.29 is 22.7 Å². The molecule has 1 heterocycles. The van der Waals surface area contributed by atoms with Crippen LogP contribution >= 0.6 is 0 Å². The minimum atomic E-state index is -1.09. The molecule has 29 heavy (non-hydrogen) atoms. The molecule has 0 spiro atoms. The third kappa shape index (κ3) is 4.81. The number of nitrogens with one attached hydrogen (secondary N) is 1. The summed E-state index contributed by atoms with van der Waals surface area (Å²) in [6.07, 6.45) is -0.762. The van der Waals surface area contributed by atoms with Crippen LogP contribution in [0.1, 0.15) is 13.3 Å². The highest BCUT2D eigenvalue weighted by atomic mass is 19.2. The number of halogens is 3. The van der Waals surface area contributed by atoms with E-state index in [0.717, 1.165) is 16.8 Å². The Bertz CT molecular complexity index is 1080. The van der Waals surface area contributed by atoms with Crippen LogP contribution in [-0.2, 0) is 4.79 Å². The second-order valence-corrected chi connectivity index (χ2v) is 6.03. The molecule has 2 aromatic carbocycles.